The summed E-state index contributed by atoms with van der Waals surface area (Å²) in [6.07, 6.45) is -9.34. The van der Waals surface area contributed by atoms with Crippen LogP contribution in [0, 0.1) is 5.92 Å². The van der Waals surface area contributed by atoms with Crippen LogP contribution in [-0.4, -0.2) is 32.0 Å². The maximum absolute atomic E-state index is 13.2. The van der Waals surface area contributed by atoms with Crippen LogP contribution in [0.25, 0.3) is 0 Å². The number of carbonyl (C=O) groups is 1. The molecule has 2 aromatic carbocycles. The topological polar surface area (TPSA) is 63.7 Å². The Labute approximate surface area is 187 Å². The maximum Gasteiger partial charge on any atom is 0.416 e. The Kier molecular flexibility index (Phi) is 7.72. The first-order valence-electron chi connectivity index (χ1n) is 9.53. The van der Waals surface area contributed by atoms with Crippen molar-refractivity contribution in [1.29, 1.82) is 0 Å². The van der Waals surface area contributed by atoms with Crippen LogP contribution >= 0.6 is 0 Å². The summed E-state index contributed by atoms with van der Waals surface area (Å²) in [6.45, 7) is 3.26. The van der Waals surface area contributed by atoms with E-state index in [0.717, 1.165) is 11.2 Å². The predicted molar refractivity (Wildman–Crippen MR) is 108 cm³/mol. The van der Waals surface area contributed by atoms with Gasteiger partial charge < -0.3 is 9.08 Å². The van der Waals surface area contributed by atoms with Gasteiger partial charge in [-0.25, -0.2) is 0 Å². The summed E-state index contributed by atoms with van der Waals surface area (Å²) >= 11 is 0. The van der Waals surface area contributed by atoms with Crippen molar-refractivity contribution < 1.29 is 43.7 Å². The van der Waals surface area contributed by atoms with Crippen molar-refractivity contribution in [3.05, 3.63) is 64.7 Å². The number of hydrogen-bond donors (Lipinski definition) is 0. The highest BCUT2D eigenvalue weighted by molar-refractivity contribution is 7.86. The molecule has 0 fully saturated rings. The molecule has 33 heavy (non-hydrogen) atoms. The molecular weight excluding hydrogens is 476 g/mol. The van der Waals surface area contributed by atoms with Crippen molar-refractivity contribution in [3.63, 3.8) is 0 Å². The summed E-state index contributed by atoms with van der Waals surface area (Å²) < 4.78 is 107. The third-order valence-corrected chi connectivity index (χ3v) is 4.72. The van der Waals surface area contributed by atoms with E-state index in [9.17, 15) is 39.6 Å². The highest BCUT2D eigenvalue weighted by Crippen LogP contribution is 2.36. The predicted octanol–water partition coefficient (Wildman–Crippen LogP) is 5.36. The van der Waals surface area contributed by atoms with Gasteiger partial charge in [0.1, 0.15) is 5.75 Å². The average molecular weight is 497 g/mol. The lowest BCUT2D eigenvalue weighted by Crippen LogP contribution is -2.34. The van der Waals surface area contributed by atoms with E-state index in [1.54, 1.807) is 13.8 Å². The molecule has 0 spiro atoms. The molecular formula is C21H21F6NO4S. The largest absolute Gasteiger partial charge is 0.416 e. The Bertz CT molecular complexity index is 1080. The lowest BCUT2D eigenvalue weighted by molar-refractivity contribution is -0.143. The molecule has 0 aliphatic rings. The van der Waals surface area contributed by atoms with Crippen LogP contribution in [0.15, 0.2) is 42.5 Å². The summed E-state index contributed by atoms with van der Waals surface area (Å²) in [6, 6.07) is 6.34. The molecule has 0 heterocycles. The van der Waals surface area contributed by atoms with E-state index in [2.05, 4.69) is 0 Å². The van der Waals surface area contributed by atoms with Gasteiger partial charge in [0.15, 0.2) is 0 Å². The summed E-state index contributed by atoms with van der Waals surface area (Å²) in [4.78, 5) is 14.1. The molecule has 182 valence electrons. The second-order valence-electron chi connectivity index (χ2n) is 7.81. The third kappa shape index (κ3) is 7.95. The molecule has 0 radical (unpaired) electrons. The Hall–Kier alpha value is -2.76. The van der Waals surface area contributed by atoms with Crippen molar-refractivity contribution in [2.24, 2.45) is 5.92 Å². The fraction of sp³-hybridized carbons (Fsp3) is 0.381. The molecule has 5 nitrogen and oxygen atoms in total. The smallest absolute Gasteiger partial charge is 0.383 e. The minimum absolute atomic E-state index is 0.0214. The normalized spacial score (nSPS) is 12.7. The van der Waals surface area contributed by atoms with E-state index in [4.69, 9.17) is 4.18 Å². The van der Waals surface area contributed by atoms with E-state index in [0.29, 0.717) is 17.7 Å². The van der Waals surface area contributed by atoms with Crippen LogP contribution in [0.3, 0.4) is 0 Å². The first kappa shape index (κ1) is 26.5. The van der Waals surface area contributed by atoms with Gasteiger partial charge in [-0.05, 0) is 41.8 Å². The van der Waals surface area contributed by atoms with Gasteiger partial charge in [-0.3, -0.25) is 4.79 Å². The minimum Gasteiger partial charge on any atom is -0.383 e. The molecule has 0 unspecified atom stereocenters. The van der Waals surface area contributed by atoms with Gasteiger partial charge in [0.2, 0.25) is 0 Å². The number of alkyl halides is 6. The zero-order chi connectivity index (χ0) is 25.2. The molecule has 0 bridgehead atoms. The number of carbonyl (C=O) groups excluding carboxylic acids is 1. The number of hydrogen-bond acceptors (Lipinski definition) is 4. The van der Waals surface area contributed by atoms with E-state index in [1.807, 2.05) is 0 Å². The molecule has 0 aliphatic carbocycles. The van der Waals surface area contributed by atoms with Gasteiger partial charge in [-0.1, -0.05) is 26.0 Å². The van der Waals surface area contributed by atoms with Gasteiger partial charge in [0, 0.05) is 18.7 Å². The van der Waals surface area contributed by atoms with Crippen LogP contribution in [0.4, 0.5) is 26.3 Å². The SMILES string of the molecule is CC(C)CN(Cc1cccc(OS(C)(=O)=O)c1)C(=O)c1cc(C(F)(F)F)cc(C(F)(F)F)c1. The quantitative estimate of drug-likeness (QED) is 0.382. The lowest BCUT2D eigenvalue weighted by Gasteiger charge is -2.26. The molecule has 0 saturated carbocycles. The number of rotatable bonds is 7. The zero-order valence-electron chi connectivity index (χ0n) is 17.8. The molecule has 0 N–H and O–H groups in total. The summed E-state index contributed by atoms with van der Waals surface area (Å²) in [7, 11) is -3.83. The van der Waals surface area contributed by atoms with E-state index < -0.39 is 45.1 Å². The zero-order valence-corrected chi connectivity index (χ0v) is 18.6. The fourth-order valence-electron chi connectivity index (χ4n) is 3.01. The van der Waals surface area contributed by atoms with Crippen LogP contribution in [-0.2, 0) is 29.0 Å². The Morgan fingerprint density at radius 2 is 1.52 bits per heavy atom. The number of halogens is 6. The van der Waals surface area contributed by atoms with Gasteiger partial charge in [0.05, 0.1) is 17.4 Å². The highest BCUT2D eigenvalue weighted by atomic mass is 32.2. The lowest BCUT2D eigenvalue weighted by atomic mass is 10.0. The number of nitrogens with zero attached hydrogens (tertiary/aromatic N) is 1. The van der Waals surface area contributed by atoms with Crippen LogP contribution < -0.4 is 4.18 Å². The standard InChI is InChI=1S/C21H21F6NO4S/c1-13(2)11-28(12-14-5-4-6-18(7-14)32-33(3,30)31)19(29)15-8-16(20(22,23)24)10-17(9-15)21(25,26)27/h4-10,13H,11-12H2,1-3H3. The maximum atomic E-state index is 13.2. The molecule has 2 aromatic rings. The van der Waals surface area contributed by atoms with Crippen molar-refractivity contribution in [3.8, 4) is 5.75 Å². The molecule has 0 atom stereocenters. The van der Waals surface area contributed by atoms with Crippen molar-refractivity contribution in [2.75, 3.05) is 12.8 Å². The van der Waals surface area contributed by atoms with Crippen LogP contribution in [0.1, 0.15) is 40.9 Å². The van der Waals surface area contributed by atoms with Gasteiger partial charge in [0.25, 0.3) is 5.91 Å². The Balaban J connectivity index is 2.47. The number of benzene rings is 2. The van der Waals surface area contributed by atoms with Gasteiger partial charge in [-0.15, -0.1) is 0 Å². The molecule has 2 rings (SSSR count). The average Bonchev–Trinajstić information content (AvgIpc) is 2.63. The minimum atomic E-state index is -5.09. The summed E-state index contributed by atoms with van der Waals surface area (Å²) in [5.74, 6) is -1.25. The molecule has 12 heteroatoms. The first-order chi connectivity index (χ1) is 15.0. The monoisotopic (exact) mass is 497 g/mol. The summed E-state index contributed by atoms with van der Waals surface area (Å²) in [5, 5.41) is 0. The first-order valence-corrected chi connectivity index (χ1v) is 11.3. The second-order valence-corrected chi connectivity index (χ2v) is 9.38. The fourth-order valence-corrected chi connectivity index (χ4v) is 3.47. The van der Waals surface area contributed by atoms with E-state index in [-0.39, 0.29) is 30.8 Å². The van der Waals surface area contributed by atoms with Gasteiger partial charge in [-0.2, -0.15) is 34.8 Å². The molecule has 0 saturated heterocycles. The van der Waals surface area contributed by atoms with Crippen LogP contribution in [0.5, 0.6) is 5.75 Å². The van der Waals surface area contributed by atoms with E-state index >= 15 is 0 Å². The molecule has 1 amide bonds. The molecule has 0 aromatic heterocycles. The summed E-state index contributed by atoms with van der Waals surface area (Å²) in [5.41, 5.74) is -3.57. The van der Waals surface area contributed by atoms with Gasteiger partial charge >= 0.3 is 22.5 Å². The Morgan fingerprint density at radius 3 is 1.97 bits per heavy atom. The van der Waals surface area contributed by atoms with E-state index in [1.165, 1.54) is 24.3 Å². The molecule has 0 aliphatic heterocycles. The Morgan fingerprint density at radius 1 is 0.970 bits per heavy atom. The highest BCUT2D eigenvalue weighted by Gasteiger charge is 2.38. The van der Waals surface area contributed by atoms with Crippen LogP contribution in [0.2, 0.25) is 0 Å². The third-order valence-electron chi connectivity index (χ3n) is 4.23. The van der Waals surface area contributed by atoms with Crippen molar-refractivity contribution in [2.45, 2.75) is 32.7 Å². The van der Waals surface area contributed by atoms with Crippen molar-refractivity contribution >= 4 is 16.0 Å². The second kappa shape index (κ2) is 9.62. The number of amides is 1. The van der Waals surface area contributed by atoms with Crippen molar-refractivity contribution in [1.82, 2.24) is 4.90 Å².